The van der Waals surface area contributed by atoms with Gasteiger partial charge in [0.2, 0.25) is 0 Å². The van der Waals surface area contributed by atoms with Crippen LogP contribution in [-0.2, 0) is 11.8 Å². The van der Waals surface area contributed by atoms with Crippen molar-refractivity contribution in [1.82, 2.24) is 9.88 Å². The summed E-state index contributed by atoms with van der Waals surface area (Å²) in [5.41, 5.74) is -0.700. The van der Waals surface area contributed by atoms with Crippen molar-refractivity contribution in [2.75, 3.05) is 19.8 Å². The fourth-order valence-electron chi connectivity index (χ4n) is 2.57. The summed E-state index contributed by atoms with van der Waals surface area (Å²) in [5.74, 6) is -0.120. The Kier molecular flexibility index (Phi) is 4.20. The molecular formula is C15H24N2O3. The second-order valence-electron chi connectivity index (χ2n) is 6.26. The van der Waals surface area contributed by atoms with Crippen LogP contribution in [0, 0.1) is 5.41 Å². The Balaban J connectivity index is 1.98. The normalized spacial score (nSPS) is 23.6. The fourth-order valence-corrected chi connectivity index (χ4v) is 2.57. The lowest BCUT2D eigenvalue weighted by atomic mass is 9.72. The number of amides is 1. The fraction of sp³-hybridized carbons (Fsp3) is 0.667. The molecule has 1 aromatic heterocycles. The first-order valence-electron chi connectivity index (χ1n) is 7.05. The molecule has 0 saturated carbocycles. The Morgan fingerprint density at radius 3 is 2.90 bits per heavy atom. The van der Waals surface area contributed by atoms with Crippen molar-refractivity contribution in [3.63, 3.8) is 0 Å². The number of aliphatic hydroxyl groups is 1. The smallest absolute Gasteiger partial charge is 0.267 e. The number of nitrogens with zero attached hydrogens (tertiary/aromatic N) is 1. The first-order valence-corrected chi connectivity index (χ1v) is 7.05. The van der Waals surface area contributed by atoms with E-state index in [2.05, 4.69) is 5.32 Å². The van der Waals surface area contributed by atoms with Crippen LogP contribution in [-0.4, -0.2) is 40.9 Å². The number of rotatable bonds is 4. The van der Waals surface area contributed by atoms with Crippen molar-refractivity contribution in [2.24, 2.45) is 12.5 Å². The van der Waals surface area contributed by atoms with Gasteiger partial charge in [-0.15, -0.1) is 0 Å². The van der Waals surface area contributed by atoms with Crippen LogP contribution >= 0.6 is 0 Å². The zero-order chi connectivity index (χ0) is 14.8. The molecule has 2 heterocycles. The summed E-state index contributed by atoms with van der Waals surface area (Å²) in [7, 11) is 1.84. The average molecular weight is 280 g/mol. The van der Waals surface area contributed by atoms with Crippen molar-refractivity contribution in [3.05, 3.63) is 24.0 Å². The molecule has 1 saturated heterocycles. The molecule has 0 radical (unpaired) electrons. The molecule has 20 heavy (non-hydrogen) atoms. The van der Waals surface area contributed by atoms with Crippen molar-refractivity contribution >= 4 is 5.91 Å². The molecule has 0 bridgehead atoms. The predicted molar refractivity (Wildman–Crippen MR) is 76.5 cm³/mol. The largest absolute Gasteiger partial charge is 0.387 e. The molecule has 2 rings (SSSR count). The third-order valence-electron chi connectivity index (χ3n) is 4.35. The monoisotopic (exact) mass is 280 g/mol. The maximum absolute atomic E-state index is 12.1. The zero-order valence-corrected chi connectivity index (χ0v) is 12.5. The molecule has 1 aliphatic rings. The van der Waals surface area contributed by atoms with Crippen LogP contribution in [0.15, 0.2) is 18.3 Å². The van der Waals surface area contributed by atoms with Crippen molar-refractivity contribution in [1.29, 1.82) is 0 Å². The van der Waals surface area contributed by atoms with Crippen LogP contribution < -0.4 is 5.32 Å². The molecule has 5 nitrogen and oxygen atoms in total. The van der Waals surface area contributed by atoms with Crippen LogP contribution in [0.4, 0.5) is 0 Å². The van der Waals surface area contributed by atoms with Gasteiger partial charge in [0.15, 0.2) is 0 Å². The number of aromatic nitrogens is 1. The first kappa shape index (κ1) is 15.1. The first-order chi connectivity index (χ1) is 9.36. The highest BCUT2D eigenvalue weighted by atomic mass is 16.5. The van der Waals surface area contributed by atoms with E-state index in [4.69, 9.17) is 4.74 Å². The maximum Gasteiger partial charge on any atom is 0.267 e. The van der Waals surface area contributed by atoms with Gasteiger partial charge in [-0.25, -0.2) is 0 Å². The van der Waals surface area contributed by atoms with Crippen LogP contribution in [0.3, 0.4) is 0 Å². The average Bonchev–Trinajstić information content (AvgIpc) is 2.83. The Hall–Kier alpha value is -1.33. The minimum Gasteiger partial charge on any atom is -0.387 e. The van der Waals surface area contributed by atoms with E-state index < -0.39 is 11.0 Å². The van der Waals surface area contributed by atoms with E-state index in [0.717, 1.165) is 6.42 Å². The lowest BCUT2D eigenvalue weighted by Crippen LogP contribution is -2.55. The summed E-state index contributed by atoms with van der Waals surface area (Å²) in [6, 6.07) is 3.61. The molecule has 5 heteroatoms. The van der Waals surface area contributed by atoms with Gasteiger partial charge in [-0.2, -0.15) is 0 Å². The van der Waals surface area contributed by atoms with Crippen LogP contribution in [0.25, 0.3) is 0 Å². The van der Waals surface area contributed by atoms with Gasteiger partial charge in [-0.05, 0) is 25.0 Å². The van der Waals surface area contributed by atoms with Crippen LogP contribution in [0.2, 0.25) is 0 Å². The van der Waals surface area contributed by atoms with Crippen LogP contribution in [0.5, 0.6) is 0 Å². The highest BCUT2D eigenvalue weighted by molar-refractivity contribution is 5.92. The third kappa shape index (κ3) is 2.88. The summed E-state index contributed by atoms with van der Waals surface area (Å²) >= 11 is 0. The Labute approximate surface area is 119 Å². The molecule has 0 spiro atoms. The minimum atomic E-state index is -0.882. The highest BCUT2D eigenvalue weighted by Crippen LogP contribution is 2.36. The number of ether oxygens (including phenoxy) is 1. The predicted octanol–water partition coefficient (Wildman–Crippen LogP) is 1.32. The molecule has 1 aromatic rings. The topological polar surface area (TPSA) is 63.5 Å². The summed E-state index contributed by atoms with van der Waals surface area (Å²) in [6.45, 7) is 5.38. The Morgan fingerprint density at radius 1 is 1.60 bits per heavy atom. The molecule has 0 aromatic carbocycles. The van der Waals surface area contributed by atoms with Crippen molar-refractivity contribution in [3.8, 4) is 0 Å². The highest BCUT2D eigenvalue weighted by Gasteiger charge is 2.44. The van der Waals surface area contributed by atoms with Gasteiger partial charge in [0, 0.05) is 31.8 Å². The molecule has 0 unspecified atom stereocenters. The Morgan fingerprint density at radius 2 is 2.35 bits per heavy atom. The van der Waals surface area contributed by atoms with E-state index in [1.807, 2.05) is 33.2 Å². The van der Waals surface area contributed by atoms with Crippen LogP contribution in [0.1, 0.15) is 37.2 Å². The lowest BCUT2D eigenvalue weighted by Gasteiger charge is -2.44. The van der Waals surface area contributed by atoms with Gasteiger partial charge in [0.1, 0.15) is 5.69 Å². The third-order valence-corrected chi connectivity index (χ3v) is 4.35. The van der Waals surface area contributed by atoms with Crippen molar-refractivity contribution in [2.45, 2.75) is 32.3 Å². The lowest BCUT2D eigenvalue weighted by molar-refractivity contribution is -0.148. The second kappa shape index (κ2) is 5.58. The number of carbonyl (C=O) groups excluding carboxylic acids is 1. The van der Waals surface area contributed by atoms with Gasteiger partial charge in [-0.1, -0.05) is 13.8 Å². The SMILES string of the molecule is Cn1cccc1C(=O)NCC(C)(C)[C@@]1(O)CCCOC1. The number of hydrogen-bond acceptors (Lipinski definition) is 3. The quantitative estimate of drug-likeness (QED) is 0.874. The summed E-state index contributed by atoms with van der Waals surface area (Å²) in [6.07, 6.45) is 3.40. The number of carbonyl (C=O) groups is 1. The Bertz CT molecular complexity index is 473. The standard InChI is InChI=1S/C15H24N2O3/c1-14(2,15(19)7-5-9-20-11-15)10-16-13(18)12-6-4-8-17(12)3/h4,6,8,19H,5,7,9-11H2,1-3H3,(H,16,18)/t15-/m1/s1. The molecule has 1 amide bonds. The molecule has 0 aliphatic carbocycles. The van der Waals surface area contributed by atoms with E-state index in [9.17, 15) is 9.90 Å². The molecule has 2 N–H and O–H groups in total. The van der Waals surface area contributed by atoms with E-state index in [1.54, 1.807) is 10.6 Å². The molecule has 1 atom stereocenters. The maximum atomic E-state index is 12.1. The number of aryl methyl sites for hydroxylation is 1. The summed E-state index contributed by atoms with van der Waals surface area (Å²) in [4.78, 5) is 12.1. The zero-order valence-electron chi connectivity index (χ0n) is 12.5. The van der Waals surface area contributed by atoms with E-state index in [-0.39, 0.29) is 5.91 Å². The van der Waals surface area contributed by atoms with E-state index >= 15 is 0 Å². The second-order valence-corrected chi connectivity index (χ2v) is 6.26. The van der Waals surface area contributed by atoms with Gasteiger partial charge < -0.3 is 19.7 Å². The minimum absolute atomic E-state index is 0.120. The van der Waals surface area contributed by atoms with Gasteiger partial charge in [-0.3, -0.25) is 4.79 Å². The van der Waals surface area contributed by atoms with Gasteiger partial charge >= 0.3 is 0 Å². The number of hydrogen-bond donors (Lipinski definition) is 2. The summed E-state index contributed by atoms with van der Waals surface area (Å²) in [5, 5.41) is 13.6. The summed E-state index contributed by atoms with van der Waals surface area (Å²) < 4.78 is 7.18. The van der Waals surface area contributed by atoms with Gasteiger partial charge in [0.05, 0.1) is 12.2 Å². The molecule has 112 valence electrons. The molecule has 1 fully saturated rings. The molecular weight excluding hydrogens is 256 g/mol. The van der Waals surface area contributed by atoms with Crippen molar-refractivity contribution < 1.29 is 14.6 Å². The van der Waals surface area contributed by atoms with E-state index in [0.29, 0.717) is 31.9 Å². The van der Waals surface area contributed by atoms with E-state index in [1.165, 1.54) is 0 Å². The van der Waals surface area contributed by atoms with Gasteiger partial charge in [0.25, 0.3) is 5.91 Å². The molecule has 1 aliphatic heterocycles. The number of nitrogens with one attached hydrogen (secondary N) is 1.